The fraction of sp³-hybridized carbons (Fsp3) is 0.278. The lowest BCUT2D eigenvalue weighted by Crippen LogP contribution is -2.36. The van der Waals surface area contributed by atoms with Gasteiger partial charge in [0.2, 0.25) is 10.0 Å². The van der Waals surface area contributed by atoms with Crippen LogP contribution in [0.25, 0.3) is 0 Å². The van der Waals surface area contributed by atoms with Gasteiger partial charge in [0.1, 0.15) is 5.82 Å². The van der Waals surface area contributed by atoms with Gasteiger partial charge in [-0.1, -0.05) is 24.6 Å². The first-order chi connectivity index (χ1) is 12.0. The molecule has 0 unspecified atom stereocenters. The van der Waals surface area contributed by atoms with Crippen LogP contribution in [0, 0.1) is 5.82 Å². The summed E-state index contributed by atoms with van der Waals surface area (Å²) >= 11 is 0. The van der Waals surface area contributed by atoms with Crippen molar-refractivity contribution in [3.63, 3.8) is 0 Å². The lowest BCUT2D eigenvalue weighted by atomic mass is 10.2. The van der Waals surface area contributed by atoms with Crippen molar-refractivity contribution >= 4 is 21.6 Å². The molecule has 2 aromatic carbocycles. The molecule has 0 bridgehead atoms. The lowest BCUT2D eigenvalue weighted by Gasteiger charge is -2.26. The van der Waals surface area contributed by atoms with E-state index in [9.17, 15) is 17.6 Å². The Kier molecular flexibility index (Phi) is 5.15. The topological polar surface area (TPSA) is 66.5 Å². The minimum Gasteiger partial charge on any atom is -0.322 e. The minimum absolute atomic E-state index is 0.0224. The van der Waals surface area contributed by atoms with Gasteiger partial charge in [0.25, 0.3) is 5.91 Å². The number of hydrogen-bond donors (Lipinski definition) is 1. The van der Waals surface area contributed by atoms with Crippen molar-refractivity contribution in [1.82, 2.24) is 4.31 Å². The number of anilines is 1. The van der Waals surface area contributed by atoms with Crippen LogP contribution in [-0.2, 0) is 10.0 Å². The summed E-state index contributed by atoms with van der Waals surface area (Å²) in [5, 5.41) is 2.55. The molecule has 0 radical (unpaired) electrons. The van der Waals surface area contributed by atoms with E-state index in [2.05, 4.69) is 5.32 Å². The number of carbonyl (C=O) groups excluding carboxylic acids is 1. The van der Waals surface area contributed by atoms with Crippen LogP contribution in [0.4, 0.5) is 10.1 Å². The number of amides is 1. The lowest BCUT2D eigenvalue weighted by molar-refractivity contribution is 0.102. The van der Waals surface area contributed by atoms with Crippen molar-refractivity contribution in [3.05, 3.63) is 59.9 Å². The predicted molar refractivity (Wildman–Crippen MR) is 93.4 cm³/mol. The molecule has 1 saturated heterocycles. The van der Waals surface area contributed by atoms with E-state index >= 15 is 0 Å². The molecule has 132 valence electrons. The second-order valence-corrected chi connectivity index (χ2v) is 7.83. The van der Waals surface area contributed by atoms with Crippen LogP contribution < -0.4 is 5.32 Å². The zero-order valence-corrected chi connectivity index (χ0v) is 14.4. The number of nitrogens with zero attached hydrogens (tertiary/aromatic N) is 1. The van der Waals surface area contributed by atoms with E-state index in [1.165, 1.54) is 34.6 Å². The molecule has 1 aliphatic heterocycles. The summed E-state index contributed by atoms with van der Waals surface area (Å²) in [6.07, 6.45) is 2.64. The van der Waals surface area contributed by atoms with Crippen LogP contribution in [0.3, 0.4) is 0 Å². The van der Waals surface area contributed by atoms with E-state index < -0.39 is 21.7 Å². The first kappa shape index (κ1) is 17.6. The highest BCUT2D eigenvalue weighted by Crippen LogP contribution is 2.24. The molecule has 1 aliphatic rings. The highest BCUT2D eigenvalue weighted by atomic mass is 32.2. The van der Waals surface area contributed by atoms with Gasteiger partial charge in [-0.3, -0.25) is 4.79 Å². The van der Waals surface area contributed by atoms with Crippen LogP contribution in [0.1, 0.15) is 29.6 Å². The minimum atomic E-state index is -3.74. The molecule has 25 heavy (non-hydrogen) atoms. The number of benzene rings is 2. The highest BCUT2D eigenvalue weighted by molar-refractivity contribution is 7.89. The Bertz CT molecular complexity index is 877. The van der Waals surface area contributed by atoms with Gasteiger partial charge in [-0.15, -0.1) is 0 Å². The van der Waals surface area contributed by atoms with Crippen molar-refractivity contribution in [2.45, 2.75) is 24.2 Å². The van der Waals surface area contributed by atoms with Crippen LogP contribution in [0.2, 0.25) is 0 Å². The molecule has 1 amide bonds. The molecule has 2 aromatic rings. The Hall–Kier alpha value is -2.25. The van der Waals surface area contributed by atoms with Crippen molar-refractivity contribution in [1.29, 1.82) is 0 Å². The second kappa shape index (κ2) is 7.33. The average molecular weight is 362 g/mol. The molecular weight excluding hydrogens is 343 g/mol. The zero-order valence-electron chi connectivity index (χ0n) is 13.6. The first-order valence-corrected chi connectivity index (χ1v) is 9.58. The standard InChI is InChI=1S/C18H19FN2O3S/c19-14-7-6-8-15(13-14)20-18(22)16-9-2-3-10-17(16)25(23,24)21-11-4-1-5-12-21/h2-3,6-10,13H,1,4-5,11-12H2,(H,20,22). The summed E-state index contributed by atoms with van der Waals surface area (Å²) in [7, 11) is -3.74. The summed E-state index contributed by atoms with van der Waals surface area (Å²) < 4.78 is 40.5. The number of nitrogens with one attached hydrogen (secondary N) is 1. The fourth-order valence-corrected chi connectivity index (χ4v) is 4.59. The van der Waals surface area contributed by atoms with Gasteiger partial charge in [-0.2, -0.15) is 4.31 Å². The highest BCUT2D eigenvalue weighted by Gasteiger charge is 2.29. The maximum atomic E-state index is 13.3. The Labute approximate surface area is 146 Å². The van der Waals surface area contributed by atoms with Crippen LogP contribution in [0.15, 0.2) is 53.4 Å². The molecule has 7 heteroatoms. The van der Waals surface area contributed by atoms with Gasteiger partial charge < -0.3 is 5.32 Å². The summed E-state index contributed by atoms with van der Waals surface area (Å²) in [6.45, 7) is 0.921. The van der Waals surface area contributed by atoms with Crippen molar-refractivity contribution in [3.8, 4) is 0 Å². The van der Waals surface area contributed by atoms with Gasteiger partial charge in [0, 0.05) is 18.8 Å². The Morgan fingerprint density at radius 3 is 2.44 bits per heavy atom. The summed E-state index contributed by atoms with van der Waals surface area (Å²) in [6, 6.07) is 11.6. The molecule has 5 nitrogen and oxygen atoms in total. The van der Waals surface area contributed by atoms with E-state index in [1.807, 2.05) is 0 Å². The Morgan fingerprint density at radius 1 is 1.00 bits per heavy atom. The van der Waals surface area contributed by atoms with E-state index in [0.29, 0.717) is 13.1 Å². The molecular formula is C18H19FN2O3S. The van der Waals surface area contributed by atoms with E-state index in [1.54, 1.807) is 18.2 Å². The molecule has 1 N–H and O–H groups in total. The number of carbonyl (C=O) groups is 1. The average Bonchev–Trinajstić information content (AvgIpc) is 2.62. The number of sulfonamides is 1. The van der Waals surface area contributed by atoms with Crippen molar-refractivity contribution in [2.75, 3.05) is 18.4 Å². The largest absolute Gasteiger partial charge is 0.322 e. The van der Waals surface area contributed by atoms with E-state index in [-0.39, 0.29) is 16.1 Å². The molecule has 0 spiro atoms. The van der Waals surface area contributed by atoms with Crippen LogP contribution in [-0.4, -0.2) is 31.7 Å². The summed E-state index contributed by atoms with van der Waals surface area (Å²) in [5.74, 6) is -1.06. The number of halogens is 1. The van der Waals surface area contributed by atoms with Gasteiger partial charge in [0.05, 0.1) is 10.5 Å². The van der Waals surface area contributed by atoms with Gasteiger partial charge in [-0.25, -0.2) is 12.8 Å². The molecule has 0 aliphatic carbocycles. The first-order valence-electron chi connectivity index (χ1n) is 8.14. The maximum absolute atomic E-state index is 13.3. The number of rotatable bonds is 4. The normalized spacial score (nSPS) is 15.7. The molecule has 0 aromatic heterocycles. The second-order valence-electron chi connectivity index (χ2n) is 5.93. The molecule has 3 rings (SSSR count). The van der Waals surface area contributed by atoms with E-state index in [4.69, 9.17) is 0 Å². The van der Waals surface area contributed by atoms with Crippen molar-refractivity contribution in [2.24, 2.45) is 0 Å². The summed E-state index contributed by atoms with van der Waals surface area (Å²) in [5.41, 5.74) is 0.326. The van der Waals surface area contributed by atoms with Gasteiger partial charge in [-0.05, 0) is 43.2 Å². The smallest absolute Gasteiger partial charge is 0.257 e. The monoisotopic (exact) mass is 362 g/mol. The molecule has 0 saturated carbocycles. The van der Waals surface area contributed by atoms with Crippen LogP contribution >= 0.6 is 0 Å². The Balaban J connectivity index is 1.91. The molecule has 0 atom stereocenters. The third-order valence-electron chi connectivity index (χ3n) is 4.15. The maximum Gasteiger partial charge on any atom is 0.257 e. The third kappa shape index (κ3) is 3.88. The fourth-order valence-electron chi connectivity index (χ4n) is 2.89. The van der Waals surface area contributed by atoms with Gasteiger partial charge in [0.15, 0.2) is 0 Å². The molecule has 1 fully saturated rings. The van der Waals surface area contributed by atoms with Crippen molar-refractivity contribution < 1.29 is 17.6 Å². The third-order valence-corrected chi connectivity index (χ3v) is 6.10. The van der Waals surface area contributed by atoms with E-state index in [0.717, 1.165) is 19.3 Å². The number of piperidine rings is 1. The zero-order chi connectivity index (χ0) is 17.9. The predicted octanol–water partition coefficient (Wildman–Crippen LogP) is 3.25. The quantitative estimate of drug-likeness (QED) is 0.908. The Morgan fingerprint density at radius 2 is 1.72 bits per heavy atom. The summed E-state index contributed by atoms with van der Waals surface area (Å²) in [4.78, 5) is 12.5. The SMILES string of the molecule is O=C(Nc1cccc(F)c1)c1ccccc1S(=O)(=O)N1CCCCC1. The van der Waals surface area contributed by atoms with Crippen LogP contribution in [0.5, 0.6) is 0 Å². The number of hydrogen-bond acceptors (Lipinski definition) is 3. The molecule has 1 heterocycles. The van der Waals surface area contributed by atoms with Gasteiger partial charge >= 0.3 is 0 Å².